The number of hydrogen-bond acceptors (Lipinski definition) is 4. The predicted octanol–water partition coefficient (Wildman–Crippen LogP) is 2.75. The molecule has 98 valence electrons. The lowest BCUT2D eigenvalue weighted by molar-refractivity contribution is 0.251. The molecule has 4 nitrogen and oxygen atoms in total. The fraction of sp³-hybridized carbons (Fsp3) is 0.364. The van der Waals surface area contributed by atoms with E-state index in [1.807, 2.05) is 6.07 Å². The minimum absolute atomic E-state index is 0.193. The van der Waals surface area contributed by atoms with E-state index in [4.69, 9.17) is 4.42 Å². The Kier molecular flexibility index (Phi) is 4.77. The van der Waals surface area contributed by atoms with E-state index in [1.54, 1.807) is 18.3 Å². The topological polar surface area (TPSA) is 53.9 Å². The van der Waals surface area contributed by atoms with Crippen molar-refractivity contribution in [2.75, 3.05) is 0 Å². The van der Waals surface area contributed by atoms with Gasteiger partial charge in [-0.1, -0.05) is 11.8 Å². The standard InChI is InChI=1S/C11H13F2N3OS/c12-11(13)18-7-10-2-1-9(17-10)6-14-5-8-3-4-15-16-8/h1-4,11,14H,5-7H2,(H,15,16). The van der Waals surface area contributed by atoms with Crippen LogP contribution in [-0.2, 0) is 18.8 Å². The molecule has 2 rings (SSSR count). The summed E-state index contributed by atoms with van der Waals surface area (Å²) in [5.74, 6) is -0.867. The van der Waals surface area contributed by atoms with Crippen LogP contribution in [0, 0.1) is 0 Å². The second kappa shape index (κ2) is 6.55. The quantitative estimate of drug-likeness (QED) is 0.814. The molecule has 0 aliphatic carbocycles. The molecule has 7 heteroatoms. The highest BCUT2D eigenvalue weighted by molar-refractivity contribution is 7.98. The van der Waals surface area contributed by atoms with Gasteiger partial charge in [-0.2, -0.15) is 13.9 Å². The first-order valence-electron chi connectivity index (χ1n) is 5.40. The van der Waals surface area contributed by atoms with Crippen molar-refractivity contribution in [1.82, 2.24) is 15.5 Å². The fourth-order valence-corrected chi connectivity index (χ4v) is 1.89. The van der Waals surface area contributed by atoms with Crippen LogP contribution < -0.4 is 5.32 Å². The maximum atomic E-state index is 12.0. The van der Waals surface area contributed by atoms with Gasteiger partial charge in [0.2, 0.25) is 0 Å². The summed E-state index contributed by atoms with van der Waals surface area (Å²) in [6.07, 6.45) is 1.68. The minimum atomic E-state index is -2.36. The second-order valence-corrected chi connectivity index (χ2v) is 4.60. The van der Waals surface area contributed by atoms with Crippen molar-refractivity contribution >= 4 is 11.8 Å². The number of alkyl halides is 2. The van der Waals surface area contributed by atoms with E-state index in [-0.39, 0.29) is 5.75 Å². The summed E-state index contributed by atoms with van der Waals surface area (Å²) in [5, 5.41) is 9.82. The van der Waals surface area contributed by atoms with Gasteiger partial charge in [-0.25, -0.2) is 0 Å². The molecular weight excluding hydrogens is 260 g/mol. The smallest absolute Gasteiger partial charge is 0.284 e. The average Bonchev–Trinajstić information content (AvgIpc) is 2.97. The van der Waals surface area contributed by atoms with Crippen molar-refractivity contribution in [2.24, 2.45) is 0 Å². The number of halogens is 2. The van der Waals surface area contributed by atoms with Crippen molar-refractivity contribution in [3.8, 4) is 0 Å². The molecule has 0 radical (unpaired) electrons. The summed E-state index contributed by atoms with van der Waals surface area (Å²) in [5.41, 5.74) is 0.982. The maximum Gasteiger partial charge on any atom is 0.284 e. The Balaban J connectivity index is 1.73. The molecule has 2 aromatic heterocycles. The monoisotopic (exact) mass is 273 g/mol. The first-order chi connectivity index (χ1) is 8.74. The zero-order valence-corrected chi connectivity index (χ0v) is 10.3. The molecule has 0 saturated heterocycles. The summed E-state index contributed by atoms with van der Waals surface area (Å²) in [7, 11) is 0. The molecular formula is C11H13F2N3OS. The van der Waals surface area contributed by atoms with Crippen LogP contribution in [0.1, 0.15) is 17.2 Å². The van der Waals surface area contributed by atoms with E-state index in [2.05, 4.69) is 15.5 Å². The third kappa shape index (κ3) is 4.15. The lowest BCUT2D eigenvalue weighted by Gasteiger charge is -2.00. The Hall–Kier alpha value is -1.34. The number of aromatic amines is 1. The van der Waals surface area contributed by atoms with Crippen LogP contribution in [0.4, 0.5) is 8.78 Å². The molecule has 0 amide bonds. The van der Waals surface area contributed by atoms with Crippen molar-refractivity contribution in [3.05, 3.63) is 41.6 Å². The van der Waals surface area contributed by atoms with Crippen molar-refractivity contribution in [2.45, 2.75) is 24.6 Å². The molecule has 0 aliphatic heterocycles. The van der Waals surface area contributed by atoms with Crippen LogP contribution in [0.5, 0.6) is 0 Å². The lowest BCUT2D eigenvalue weighted by atomic mass is 10.4. The molecule has 0 unspecified atom stereocenters. The lowest BCUT2D eigenvalue weighted by Crippen LogP contribution is -2.12. The maximum absolute atomic E-state index is 12.0. The molecule has 2 heterocycles. The van der Waals surface area contributed by atoms with E-state index in [1.165, 1.54) is 0 Å². The van der Waals surface area contributed by atoms with E-state index < -0.39 is 5.76 Å². The van der Waals surface area contributed by atoms with Crippen LogP contribution in [0.2, 0.25) is 0 Å². The summed E-state index contributed by atoms with van der Waals surface area (Å²) in [4.78, 5) is 0. The summed E-state index contributed by atoms with van der Waals surface area (Å²) in [6, 6.07) is 5.39. The highest BCUT2D eigenvalue weighted by Crippen LogP contribution is 2.21. The van der Waals surface area contributed by atoms with Crippen LogP contribution in [-0.4, -0.2) is 16.0 Å². The zero-order valence-electron chi connectivity index (χ0n) is 9.53. The van der Waals surface area contributed by atoms with Gasteiger partial charge in [0.1, 0.15) is 11.5 Å². The number of furan rings is 1. The normalized spacial score (nSPS) is 11.3. The Bertz CT molecular complexity index is 459. The average molecular weight is 273 g/mol. The molecule has 18 heavy (non-hydrogen) atoms. The van der Waals surface area contributed by atoms with E-state index in [0.717, 1.165) is 11.5 Å². The number of rotatable bonds is 7. The first kappa shape index (κ1) is 13.1. The van der Waals surface area contributed by atoms with Gasteiger partial charge in [0.05, 0.1) is 12.3 Å². The molecule has 0 atom stereocenters. The van der Waals surface area contributed by atoms with Crippen LogP contribution >= 0.6 is 11.8 Å². The summed E-state index contributed by atoms with van der Waals surface area (Å²) < 4.78 is 29.4. The van der Waals surface area contributed by atoms with Crippen molar-refractivity contribution in [1.29, 1.82) is 0 Å². The minimum Gasteiger partial charge on any atom is -0.464 e. The summed E-state index contributed by atoms with van der Waals surface area (Å²) >= 11 is 0.559. The Labute approximate surface area is 107 Å². The van der Waals surface area contributed by atoms with Gasteiger partial charge in [-0.05, 0) is 18.2 Å². The Morgan fingerprint density at radius 3 is 2.83 bits per heavy atom. The number of aromatic nitrogens is 2. The van der Waals surface area contributed by atoms with Crippen LogP contribution in [0.25, 0.3) is 0 Å². The van der Waals surface area contributed by atoms with Crippen LogP contribution in [0.15, 0.2) is 28.8 Å². The van der Waals surface area contributed by atoms with E-state index in [0.29, 0.717) is 30.6 Å². The number of hydrogen-bond donors (Lipinski definition) is 2. The molecule has 0 aliphatic rings. The van der Waals surface area contributed by atoms with Gasteiger partial charge in [0.15, 0.2) is 0 Å². The van der Waals surface area contributed by atoms with Gasteiger partial charge < -0.3 is 9.73 Å². The Morgan fingerprint density at radius 2 is 2.11 bits per heavy atom. The predicted molar refractivity (Wildman–Crippen MR) is 65.1 cm³/mol. The molecule has 2 N–H and O–H groups in total. The molecule has 0 aromatic carbocycles. The van der Waals surface area contributed by atoms with E-state index in [9.17, 15) is 8.78 Å². The molecule has 0 saturated carbocycles. The number of nitrogens with one attached hydrogen (secondary N) is 2. The molecule has 0 fully saturated rings. The highest BCUT2D eigenvalue weighted by Gasteiger charge is 2.07. The Morgan fingerprint density at radius 1 is 1.28 bits per heavy atom. The molecule has 0 bridgehead atoms. The van der Waals surface area contributed by atoms with Crippen molar-refractivity contribution in [3.63, 3.8) is 0 Å². The van der Waals surface area contributed by atoms with Gasteiger partial charge in [0.25, 0.3) is 5.76 Å². The van der Waals surface area contributed by atoms with Gasteiger partial charge in [-0.3, -0.25) is 5.10 Å². The number of H-pyrrole nitrogens is 1. The van der Waals surface area contributed by atoms with Gasteiger partial charge in [0, 0.05) is 18.4 Å². The summed E-state index contributed by atoms with van der Waals surface area (Å²) in [6.45, 7) is 1.21. The van der Waals surface area contributed by atoms with Crippen LogP contribution in [0.3, 0.4) is 0 Å². The third-order valence-electron chi connectivity index (χ3n) is 2.24. The SMILES string of the molecule is FC(F)SCc1ccc(CNCc2ccn[nH]2)o1. The molecule has 2 aromatic rings. The number of thioether (sulfide) groups is 1. The number of nitrogens with zero attached hydrogens (tertiary/aromatic N) is 1. The fourth-order valence-electron chi connectivity index (χ4n) is 1.44. The van der Waals surface area contributed by atoms with Gasteiger partial charge in [-0.15, -0.1) is 0 Å². The first-order valence-corrected chi connectivity index (χ1v) is 6.45. The largest absolute Gasteiger partial charge is 0.464 e. The highest BCUT2D eigenvalue weighted by atomic mass is 32.2. The third-order valence-corrected chi connectivity index (χ3v) is 2.95. The van der Waals surface area contributed by atoms with Crippen molar-refractivity contribution < 1.29 is 13.2 Å². The van der Waals surface area contributed by atoms with Gasteiger partial charge >= 0.3 is 0 Å². The zero-order chi connectivity index (χ0) is 12.8. The molecule has 0 spiro atoms. The second-order valence-electron chi connectivity index (χ2n) is 3.63. The van der Waals surface area contributed by atoms with E-state index >= 15 is 0 Å².